The van der Waals surface area contributed by atoms with Gasteiger partial charge in [-0.05, 0) is 97.6 Å². The minimum atomic E-state index is -4.52. The number of hydrogen-bond acceptors (Lipinski definition) is 4. The summed E-state index contributed by atoms with van der Waals surface area (Å²) in [5, 5.41) is 40.1. The van der Waals surface area contributed by atoms with Crippen LogP contribution in [0.3, 0.4) is 0 Å². The van der Waals surface area contributed by atoms with E-state index in [1.807, 2.05) is 36.4 Å². The Morgan fingerprint density at radius 1 is 0.529 bits per heavy atom. The van der Waals surface area contributed by atoms with E-state index in [4.69, 9.17) is 0 Å². The van der Waals surface area contributed by atoms with Gasteiger partial charge in [-0.15, -0.1) is 0 Å². The van der Waals surface area contributed by atoms with Crippen LogP contribution < -0.4 is 0 Å². The Morgan fingerprint density at radius 2 is 1.04 bits per heavy atom. The molecule has 244 valence electrons. The maximum atomic E-state index is 13.3. The molecule has 7 rings (SSSR count). The zero-order valence-corrected chi connectivity index (χ0v) is 25.9. The Kier molecular flexibility index (Phi) is 7.63. The molecule has 0 spiro atoms. The van der Waals surface area contributed by atoms with Gasteiger partial charge in [0.15, 0.2) is 0 Å². The quantitative estimate of drug-likeness (QED) is 0.137. The minimum Gasteiger partial charge on any atom is -0.192 e. The Hall–Kier alpha value is -6.88. The summed E-state index contributed by atoms with van der Waals surface area (Å²) in [7, 11) is 0. The normalized spacial score (nSPS) is 15.5. The zero-order chi connectivity index (χ0) is 36.2. The van der Waals surface area contributed by atoms with E-state index < -0.39 is 29.4 Å². The lowest BCUT2D eigenvalue weighted by atomic mass is 9.75. The van der Waals surface area contributed by atoms with Crippen LogP contribution >= 0.6 is 0 Å². The van der Waals surface area contributed by atoms with E-state index in [1.165, 1.54) is 24.3 Å². The molecular formula is C41H18F6N4. The van der Waals surface area contributed by atoms with E-state index in [1.54, 1.807) is 42.5 Å². The third kappa shape index (κ3) is 5.41. The molecule has 4 aromatic rings. The van der Waals surface area contributed by atoms with Crippen molar-refractivity contribution in [2.75, 3.05) is 0 Å². The van der Waals surface area contributed by atoms with Crippen molar-refractivity contribution < 1.29 is 26.3 Å². The van der Waals surface area contributed by atoms with Crippen molar-refractivity contribution in [1.29, 1.82) is 21.0 Å². The van der Waals surface area contributed by atoms with Gasteiger partial charge in [0.1, 0.15) is 35.4 Å². The van der Waals surface area contributed by atoms with Crippen molar-refractivity contribution >= 4 is 16.7 Å². The number of rotatable bonds is 2. The molecule has 0 aliphatic heterocycles. The van der Waals surface area contributed by atoms with E-state index in [0.29, 0.717) is 72.4 Å². The molecule has 0 saturated heterocycles. The topological polar surface area (TPSA) is 95.2 Å². The van der Waals surface area contributed by atoms with Crippen LogP contribution in [0.4, 0.5) is 26.3 Å². The van der Waals surface area contributed by atoms with E-state index in [-0.39, 0.29) is 11.1 Å². The molecule has 10 heteroatoms. The zero-order valence-electron chi connectivity index (χ0n) is 25.9. The summed E-state index contributed by atoms with van der Waals surface area (Å²) in [4.78, 5) is 0. The molecule has 2 bridgehead atoms. The van der Waals surface area contributed by atoms with Crippen LogP contribution in [0.1, 0.15) is 44.9 Å². The predicted molar refractivity (Wildman–Crippen MR) is 177 cm³/mol. The third-order valence-corrected chi connectivity index (χ3v) is 9.16. The number of nitrogens with zero attached hydrogens (tertiary/aromatic N) is 4. The lowest BCUT2D eigenvalue weighted by molar-refractivity contribution is -0.138. The first-order chi connectivity index (χ1) is 24.4. The number of hydrogen-bond donors (Lipinski definition) is 0. The molecule has 0 N–H and O–H groups in total. The monoisotopic (exact) mass is 680 g/mol. The average molecular weight is 681 g/mol. The Morgan fingerprint density at radius 3 is 1.61 bits per heavy atom. The van der Waals surface area contributed by atoms with E-state index in [2.05, 4.69) is 0 Å². The van der Waals surface area contributed by atoms with E-state index in [0.717, 1.165) is 24.3 Å². The largest absolute Gasteiger partial charge is 0.416 e. The van der Waals surface area contributed by atoms with E-state index >= 15 is 0 Å². The molecule has 0 aromatic heterocycles. The summed E-state index contributed by atoms with van der Waals surface area (Å²) < 4.78 is 79.6. The molecule has 0 saturated carbocycles. The molecule has 1 atom stereocenters. The maximum Gasteiger partial charge on any atom is 0.416 e. The van der Waals surface area contributed by atoms with Crippen LogP contribution in [0.5, 0.6) is 0 Å². The fourth-order valence-electron chi connectivity index (χ4n) is 6.89. The minimum absolute atomic E-state index is 0.181. The smallest absolute Gasteiger partial charge is 0.192 e. The number of halogens is 6. The summed E-state index contributed by atoms with van der Waals surface area (Å²) in [6.07, 6.45) is -1.83. The van der Waals surface area contributed by atoms with Crippen molar-refractivity contribution in [3.05, 3.63) is 159 Å². The van der Waals surface area contributed by atoms with Gasteiger partial charge in [-0.1, -0.05) is 66.8 Å². The fraction of sp³-hybridized carbons (Fsp3) is 0.0732. The third-order valence-electron chi connectivity index (χ3n) is 9.16. The molecule has 0 fully saturated rings. The van der Waals surface area contributed by atoms with Gasteiger partial charge in [-0.2, -0.15) is 47.4 Å². The van der Waals surface area contributed by atoms with Gasteiger partial charge in [-0.25, -0.2) is 0 Å². The number of alkyl halides is 6. The Labute approximate surface area is 287 Å². The molecule has 51 heavy (non-hydrogen) atoms. The van der Waals surface area contributed by atoms with Crippen LogP contribution in [0, 0.1) is 45.3 Å². The lowest BCUT2D eigenvalue weighted by Crippen LogP contribution is -2.09. The number of benzene rings is 4. The molecule has 4 aromatic carbocycles. The van der Waals surface area contributed by atoms with Crippen molar-refractivity contribution in [2.45, 2.75) is 18.3 Å². The fourth-order valence-corrected chi connectivity index (χ4v) is 6.89. The molecule has 4 nitrogen and oxygen atoms in total. The highest BCUT2D eigenvalue weighted by atomic mass is 19.4. The first-order valence-electron chi connectivity index (χ1n) is 15.3. The van der Waals surface area contributed by atoms with Gasteiger partial charge in [0.2, 0.25) is 0 Å². The highest BCUT2D eigenvalue weighted by molar-refractivity contribution is 6.09. The van der Waals surface area contributed by atoms with Gasteiger partial charge in [-0.3, -0.25) is 0 Å². The number of fused-ring (bicyclic) bond motifs is 7. The van der Waals surface area contributed by atoms with Crippen LogP contribution in [0.15, 0.2) is 120 Å². The van der Waals surface area contributed by atoms with Gasteiger partial charge in [0.05, 0.1) is 11.1 Å². The van der Waals surface area contributed by atoms with Gasteiger partial charge in [0, 0.05) is 17.1 Å². The summed E-state index contributed by atoms with van der Waals surface area (Å²) in [5.41, 5.74) is 4.85. The summed E-state index contributed by atoms with van der Waals surface area (Å²) in [6.45, 7) is 0. The maximum absolute atomic E-state index is 13.3. The van der Waals surface area contributed by atoms with Crippen LogP contribution in [-0.2, 0) is 12.4 Å². The molecule has 3 aliphatic rings. The van der Waals surface area contributed by atoms with Gasteiger partial charge >= 0.3 is 12.4 Å². The predicted octanol–water partition coefficient (Wildman–Crippen LogP) is 10.7. The molecule has 3 aliphatic carbocycles. The SMILES string of the molecule is N#CC(C#N)=C1c2cc(-c3ccc(C(F)(F)F)cc3)ccc2-c2c1ccc1c2C2C=CC(c3ccc(C(F)(F)F)cc3)=CC(=C2)C1=C(C#N)C#N. The van der Waals surface area contributed by atoms with Crippen molar-refractivity contribution in [3.63, 3.8) is 0 Å². The highest BCUT2D eigenvalue weighted by Gasteiger charge is 2.36. The van der Waals surface area contributed by atoms with Crippen molar-refractivity contribution in [2.24, 2.45) is 0 Å². The molecule has 0 amide bonds. The first-order valence-corrected chi connectivity index (χ1v) is 15.3. The van der Waals surface area contributed by atoms with Gasteiger partial charge in [0.25, 0.3) is 0 Å². The second kappa shape index (κ2) is 11.9. The second-order valence-corrected chi connectivity index (χ2v) is 11.9. The van der Waals surface area contributed by atoms with Crippen LogP contribution in [0.25, 0.3) is 39.0 Å². The van der Waals surface area contributed by atoms with Crippen LogP contribution in [0.2, 0.25) is 0 Å². The van der Waals surface area contributed by atoms with Crippen LogP contribution in [-0.4, -0.2) is 0 Å². The highest BCUT2D eigenvalue weighted by Crippen LogP contribution is 2.55. The van der Waals surface area contributed by atoms with Crippen molar-refractivity contribution in [1.82, 2.24) is 0 Å². The van der Waals surface area contributed by atoms with E-state index in [9.17, 15) is 47.4 Å². The van der Waals surface area contributed by atoms with Crippen molar-refractivity contribution in [3.8, 4) is 46.5 Å². The van der Waals surface area contributed by atoms with Gasteiger partial charge < -0.3 is 0 Å². The first kappa shape index (κ1) is 32.7. The molecule has 1 unspecified atom stereocenters. The lowest BCUT2D eigenvalue weighted by Gasteiger charge is -2.26. The molecule has 0 radical (unpaired) electrons. The molecular weight excluding hydrogens is 662 g/mol. The standard InChI is InChI=1S/C41H18F6N4/c42-40(43,44)30-8-3-22(4-9-30)24-1-2-26-16-27(15-24)36(28(18-48)19-49)33-13-14-34-37(29(20-50)21-51)35-17-25(7-12-32(35)39(34)38(26)33)23-5-10-31(11-6-23)41(45,46)47/h1-17,26H. The molecule has 0 heterocycles. The number of allylic oxidation sites excluding steroid dienone is 9. The average Bonchev–Trinajstić information content (AvgIpc) is 3.31. The number of nitriles is 4. The summed E-state index contributed by atoms with van der Waals surface area (Å²) in [5.74, 6) is -0.468. The summed E-state index contributed by atoms with van der Waals surface area (Å²) in [6, 6.07) is 25.9. The summed E-state index contributed by atoms with van der Waals surface area (Å²) >= 11 is 0. The second-order valence-electron chi connectivity index (χ2n) is 11.9. The Balaban J connectivity index is 1.44. The Bertz CT molecular complexity index is 2480.